The minimum Gasteiger partial charge on any atom is -0.338 e. The van der Waals surface area contributed by atoms with Crippen LogP contribution >= 0.6 is 11.8 Å². The Morgan fingerprint density at radius 3 is 2.63 bits per heavy atom. The normalized spacial score (nSPS) is 10.7. The van der Waals surface area contributed by atoms with Gasteiger partial charge in [-0.1, -0.05) is 59.4 Å². The van der Waals surface area contributed by atoms with E-state index in [-0.39, 0.29) is 28.9 Å². The monoisotopic (exact) mass is 422 g/mol. The van der Waals surface area contributed by atoms with Gasteiger partial charge in [0.15, 0.2) is 5.16 Å². The van der Waals surface area contributed by atoms with Crippen LogP contribution in [0.5, 0.6) is 0 Å². The van der Waals surface area contributed by atoms with E-state index in [0.717, 1.165) is 17.3 Å². The van der Waals surface area contributed by atoms with Gasteiger partial charge in [-0.3, -0.25) is 14.9 Å². The molecule has 0 saturated heterocycles. The molecule has 1 amide bonds. The topological polar surface area (TPSA) is 101 Å². The number of anilines is 1. The number of carbonyl (C=O) groups excluding carboxylic acids is 1. The Morgan fingerprint density at radius 1 is 1.10 bits per heavy atom. The van der Waals surface area contributed by atoms with Gasteiger partial charge < -0.3 is 9.51 Å². The largest absolute Gasteiger partial charge is 0.338 e. The fraction of sp³-hybridized carbons (Fsp3) is 0.0476. The number of thioether (sulfide) groups is 1. The first-order valence-corrected chi connectivity index (χ1v) is 9.87. The number of aromatic amines is 1. The summed E-state index contributed by atoms with van der Waals surface area (Å²) in [4.78, 5) is 31.3. The summed E-state index contributed by atoms with van der Waals surface area (Å²) >= 11 is 1.09. The van der Waals surface area contributed by atoms with Crippen LogP contribution in [0.1, 0.15) is 0 Å². The van der Waals surface area contributed by atoms with Crippen LogP contribution in [-0.2, 0) is 4.79 Å². The van der Waals surface area contributed by atoms with Gasteiger partial charge in [0, 0.05) is 11.6 Å². The maximum absolute atomic E-state index is 13.1. The first-order chi connectivity index (χ1) is 14.6. The zero-order chi connectivity index (χ0) is 20.9. The van der Waals surface area contributed by atoms with E-state index in [0.29, 0.717) is 22.0 Å². The number of nitrogens with one attached hydrogen (secondary N) is 2. The number of aromatic nitrogens is 3. The van der Waals surface area contributed by atoms with Crippen LogP contribution in [0.4, 0.5) is 10.3 Å². The Kier molecular flexibility index (Phi) is 5.71. The van der Waals surface area contributed by atoms with E-state index in [9.17, 15) is 14.0 Å². The van der Waals surface area contributed by atoms with Crippen molar-refractivity contribution in [3.05, 3.63) is 83.0 Å². The molecule has 4 rings (SSSR count). The summed E-state index contributed by atoms with van der Waals surface area (Å²) in [5, 5.41) is 6.66. The molecule has 0 aliphatic rings. The third-order valence-electron chi connectivity index (χ3n) is 4.11. The van der Waals surface area contributed by atoms with E-state index in [2.05, 4.69) is 20.4 Å². The highest BCUT2D eigenvalue weighted by atomic mass is 32.2. The summed E-state index contributed by atoms with van der Waals surface area (Å²) in [7, 11) is 0. The minimum atomic E-state index is -0.368. The zero-order valence-corrected chi connectivity index (χ0v) is 16.3. The summed E-state index contributed by atoms with van der Waals surface area (Å²) in [6.45, 7) is 0. The van der Waals surface area contributed by atoms with Crippen LogP contribution in [-0.4, -0.2) is 26.8 Å². The van der Waals surface area contributed by atoms with E-state index in [1.165, 1.54) is 24.4 Å². The summed E-state index contributed by atoms with van der Waals surface area (Å²) in [5.41, 5.74) is 2.21. The van der Waals surface area contributed by atoms with Crippen LogP contribution in [0, 0.1) is 5.82 Å². The Balaban J connectivity index is 1.44. The number of rotatable bonds is 6. The number of amides is 1. The van der Waals surface area contributed by atoms with Gasteiger partial charge in [-0.2, -0.15) is 0 Å². The number of halogens is 1. The number of H-pyrrole nitrogens is 1. The van der Waals surface area contributed by atoms with Gasteiger partial charge in [-0.25, -0.2) is 9.37 Å². The molecule has 2 aromatic heterocycles. The predicted octanol–water partition coefficient (Wildman–Crippen LogP) is 3.96. The highest BCUT2D eigenvalue weighted by molar-refractivity contribution is 7.99. The van der Waals surface area contributed by atoms with Crippen molar-refractivity contribution in [3.63, 3.8) is 0 Å². The minimum absolute atomic E-state index is 0.00919. The van der Waals surface area contributed by atoms with Crippen molar-refractivity contribution < 1.29 is 13.7 Å². The average Bonchev–Trinajstić information content (AvgIpc) is 3.21. The van der Waals surface area contributed by atoms with Crippen LogP contribution in [0.3, 0.4) is 0 Å². The van der Waals surface area contributed by atoms with Crippen molar-refractivity contribution in [2.45, 2.75) is 5.16 Å². The van der Waals surface area contributed by atoms with Crippen LogP contribution in [0.25, 0.3) is 22.4 Å². The molecule has 2 N–H and O–H groups in total. The van der Waals surface area contributed by atoms with Crippen molar-refractivity contribution in [1.29, 1.82) is 0 Å². The molecule has 7 nitrogen and oxygen atoms in total. The van der Waals surface area contributed by atoms with Gasteiger partial charge in [-0.05, 0) is 17.7 Å². The van der Waals surface area contributed by atoms with Gasteiger partial charge in [-0.15, -0.1) is 0 Å². The molecule has 30 heavy (non-hydrogen) atoms. The summed E-state index contributed by atoms with van der Waals surface area (Å²) in [6.07, 6.45) is 1.44. The zero-order valence-electron chi connectivity index (χ0n) is 15.5. The van der Waals surface area contributed by atoms with Gasteiger partial charge in [0.05, 0.1) is 23.2 Å². The quantitative estimate of drug-likeness (QED) is 0.360. The Morgan fingerprint density at radius 2 is 1.87 bits per heavy atom. The SMILES string of the molecule is O=C(CSc1nc(-c2ccccc2)cc(=O)[nH]1)Nc1oncc1-c1ccc(F)cc1. The van der Waals surface area contributed by atoms with Crippen molar-refractivity contribution in [2.75, 3.05) is 11.1 Å². The Bertz CT molecular complexity index is 1220. The fourth-order valence-electron chi connectivity index (χ4n) is 2.72. The molecule has 2 heterocycles. The third kappa shape index (κ3) is 4.64. The molecule has 0 saturated carbocycles. The molecule has 4 aromatic rings. The lowest BCUT2D eigenvalue weighted by Crippen LogP contribution is -2.15. The standard InChI is InChI=1S/C21H15FN4O3S/c22-15-8-6-13(7-9-15)16-11-23-29-20(16)25-19(28)12-30-21-24-17(10-18(27)26-21)14-4-2-1-3-5-14/h1-11H,12H2,(H,25,28)(H,24,26,27). The summed E-state index contributed by atoms with van der Waals surface area (Å²) < 4.78 is 18.2. The lowest BCUT2D eigenvalue weighted by atomic mass is 10.1. The van der Waals surface area contributed by atoms with Crippen molar-refractivity contribution in [3.8, 4) is 22.4 Å². The second-order valence-electron chi connectivity index (χ2n) is 6.21. The number of nitrogens with zero attached hydrogens (tertiary/aromatic N) is 2. The molecule has 0 fully saturated rings. The molecule has 0 bridgehead atoms. The van der Waals surface area contributed by atoms with E-state index in [1.807, 2.05) is 30.3 Å². The molecule has 0 atom stereocenters. The Hall–Kier alpha value is -3.72. The van der Waals surface area contributed by atoms with Gasteiger partial charge in [0.1, 0.15) is 5.82 Å². The number of hydrogen-bond acceptors (Lipinski definition) is 6. The van der Waals surface area contributed by atoms with Crippen LogP contribution < -0.4 is 10.9 Å². The smallest absolute Gasteiger partial charge is 0.252 e. The third-order valence-corrected chi connectivity index (χ3v) is 4.98. The Labute approximate surface area is 174 Å². The van der Waals surface area contributed by atoms with E-state index in [1.54, 1.807) is 12.1 Å². The molecule has 0 radical (unpaired) electrons. The fourth-order valence-corrected chi connectivity index (χ4v) is 3.40. The maximum Gasteiger partial charge on any atom is 0.252 e. The molecule has 150 valence electrons. The highest BCUT2D eigenvalue weighted by Gasteiger charge is 2.15. The summed E-state index contributed by atoms with van der Waals surface area (Å²) in [5.74, 6) is -0.582. The van der Waals surface area contributed by atoms with E-state index in [4.69, 9.17) is 4.52 Å². The molecular formula is C21H15FN4O3S. The predicted molar refractivity (Wildman–Crippen MR) is 112 cm³/mol. The molecule has 0 spiro atoms. The second kappa shape index (κ2) is 8.75. The molecule has 0 aliphatic carbocycles. The lowest BCUT2D eigenvalue weighted by molar-refractivity contribution is -0.113. The second-order valence-corrected chi connectivity index (χ2v) is 7.18. The summed E-state index contributed by atoms with van der Waals surface area (Å²) in [6, 6.07) is 16.4. The van der Waals surface area contributed by atoms with E-state index < -0.39 is 0 Å². The molecular weight excluding hydrogens is 407 g/mol. The highest BCUT2D eigenvalue weighted by Crippen LogP contribution is 2.28. The molecule has 9 heteroatoms. The van der Waals surface area contributed by atoms with Gasteiger partial charge in [0.2, 0.25) is 11.8 Å². The first kappa shape index (κ1) is 19.6. The van der Waals surface area contributed by atoms with Gasteiger partial charge >= 0.3 is 0 Å². The van der Waals surface area contributed by atoms with Gasteiger partial charge in [0.25, 0.3) is 5.56 Å². The first-order valence-electron chi connectivity index (χ1n) is 8.88. The number of carbonyl (C=O) groups is 1. The number of hydrogen-bond donors (Lipinski definition) is 2. The molecule has 0 aliphatic heterocycles. The average molecular weight is 422 g/mol. The van der Waals surface area contributed by atoms with Crippen LogP contribution in [0.15, 0.2) is 81.3 Å². The van der Waals surface area contributed by atoms with Crippen LogP contribution in [0.2, 0.25) is 0 Å². The van der Waals surface area contributed by atoms with E-state index >= 15 is 0 Å². The molecule has 2 aromatic carbocycles. The maximum atomic E-state index is 13.1. The number of benzene rings is 2. The molecule has 0 unspecified atom stereocenters. The van der Waals surface area contributed by atoms with Crippen molar-refractivity contribution in [2.24, 2.45) is 0 Å². The van der Waals surface area contributed by atoms with Crippen molar-refractivity contribution >= 4 is 23.6 Å². The lowest BCUT2D eigenvalue weighted by Gasteiger charge is -2.06. The van der Waals surface area contributed by atoms with Crippen molar-refractivity contribution in [1.82, 2.24) is 15.1 Å².